The molecule has 29 heavy (non-hydrogen) atoms. The van der Waals surface area contributed by atoms with Crippen molar-refractivity contribution in [2.45, 2.75) is 26.3 Å². The van der Waals surface area contributed by atoms with Gasteiger partial charge in [0.15, 0.2) is 0 Å². The molecule has 4 nitrogen and oxygen atoms in total. The molecule has 0 aromatic heterocycles. The number of nitrogens with zero attached hydrogens (tertiary/aromatic N) is 1. The maximum Gasteiger partial charge on any atom is 0.223 e. The van der Waals surface area contributed by atoms with Crippen LogP contribution in [0, 0.1) is 12.8 Å². The van der Waals surface area contributed by atoms with E-state index in [0.29, 0.717) is 34.0 Å². The van der Waals surface area contributed by atoms with Crippen LogP contribution in [-0.2, 0) is 11.3 Å². The van der Waals surface area contributed by atoms with Crippen LogP contribution in [-0.4, -0.2) is 37.0 Å². The monoisotopic (exact) mass is 454 g/mol. The number of hydrogen-bond acceptors (Lipinski definition) is 3. The Hall–Kier alpha value is -1.46. The number of hydrogen-bond donors (Lipinski definition) is 1. The summed E-state index contributed by atoms with van der Waals surface area (Å²) in [5, 5.41) is 4.81. The molecule has 0 unspecified atom stereocenters. The lowest BCUT2D eigenvalue weighted by Crippen LogP contribution is -2.41. The molecule has 1 aliphatic rings. The van der Waals surface area contributed by atoms with Crippen LogP contribution in [0.1, 0.15) is 24.0 Å². The van der Waals surface area contributed by atoms with E-state index in [-0.39, 0.29) is 11.8 Å². The van der Waals surface area contributed by atoms with Gasteiger partial charge in [-0.1, -0.05) is 46.9 Å². The normalized spacial score (nSPS) is 15.3. The molecule has 1 N–H and O–H groups in total. The van der Waals surface area contributed by atoms with Gasteiger partial charge in [-0.05, 0) is 68.2 Å². The van der Waals surface area contributed by atoms with Gasteiger partial charge in [-0.2, -0.15) is 0 Å². The van der Waals surface area contributed by atoms with E-state index in [0.717, 1.165) is 43.6 Å². The van der Waals surface area contributed by atoms with Crippen LogP contribution < -0.4 is 10.1 Å². The van der Waals surface area contributed by atoms with Crippen LogP contribution in [0.15, 0.2) is 36.4 Å². The van der Waals surface area contributed by atoms with Crippen molar-refractivity contribution in [2.75, 3.05) is 26.2 Å². The Kier molecular flexibility index (Phi) is 8.07. The Bertz CT molecular complexity index is 852. The largest absolute Gasteiger partial charge is 0.492 e. The van der Waals surface area contributed by atoms with Crippen LogP contribution in [0.4, 0.5) is 0 Å². The molecular weight excluding hydrogens is 431 g/mol. The predicted molar refractivity (Wildman–Crippen MR) is 119 cm³/mol. The van der Waals surface area contributed by atoms with Crippen LogP contribution in [0.2, 0.25) is 15.1 Å². The summed E-state index contributed by atoms with van der Waals surface area (Å²) in [6.45, 7) is 5.43. The summed E-state index contributed by atoms with van der Waals surface area (Å²) in [5.74, 6) is 0.865. The van der Waals surface area contributed by atoms with Crippen molar-refractivity contribution in [1.29, 1.82) is 0 Å². The number of carbonyl (C=O) groups is 1. The first kappa shape index (κ1) is 22.2. The smallest absolute Gasteiger partial charge is 0.223 e. The molecule has 156 valence electrons. The molecule has 7 heteroatoms. The van der Waals surface area contributed by atoms with Gasteiger partial charge in [0.05, 0.1) is 16.6 Å². The molecule has 3 rings (SSSR count). The highest BCUT2D eigenvalue weighted by Gasteiger charge is 2.24. The van der Waals surface area contributed by atoms with Crippen LogP contribution in [0.5, 0.6) is 5.75 Å². The summed E-state index contributed by atoms with van der Waals surface area (Å²) >= 11 is 18.2. The van der Waals surface area contributed by atoms with Crippen molar-refractivity contribution in [2.24, 2.45) is 5.92 Å². The first-order valence-electron chi connectivity index (χ1n) is 9.75. The van der Waals surface area contributed by atoms with E-state index in [1.54, 1.807) is 6.07 Å². The van der Waals surface area contributed by atoms with Crippen LogP contribution in [0.25, 0.3) is 0 Å². The molecule has 1 amide bonds. The number of likely N-dealkylation sites (tertiary alicyclic amines) is 1. The van der Waals surface area contributed by atoms with Gasteiger partial charge in [0, 0.05) is 17.5 Å². The molecule has 2 aromatic rings. The molecule has 1 aliphatic heterocycles. The Morgan fingerprint density at radius 2 is 1.83 bits per heavy atom. The second kappa shape index (κ2) is 10.5. The quantitative estimate of drug-likeness (QED) is 0.571. The van der Waals surface area contributed by atoms with Crippen molar-refractivity contribution in [1.82, 2.24) is 10.2 Å². The maximum absolute atomic E-state index is 12.4. The Morgan fingerprint density at radius 1 is 1.07 bits per heavy atom. The minimum absolute atomic E-state index is 0.0499. The minimum Gasteiger partial charge on any atom is -0.492 e. The molecule has 1 heterocycles. The van der Waals surface area contributed by atoms with Crippen molar-refractivity contribution in [3.05, 3.63) is 62.6 Å². The fraction of sp³-hybridized carbons (Fsp3) is 0.409. The lowest BCUT2D eigenvalue weighted by Gasteiger charge is -2.31. The summed E-state index contributed by atoms with van der Waals surface area (Å²) in [4.78, 5) is 14.8. The van der Waals surface area contributed by atoms with E-state index in [9.17, 15) is 4.79 Å². The van der Waals surface area contributed by atoms with Gasteiger partial charge in [-0.3, -0.25) is 9.69 Å². The summed E-state index contributed by atoms with van der Waals surface area (Å²) in [5.41, 5.74) is 2.15. The van der Waals surface area contributed by atoms with Gasteiger partial charge >= 0.3 is 0 Å². The van der Waals surface area contributed by atoms with Gasteiger partial charge in [-0.25, -0.2) is 0 Å². The molecular formula is C22H25Cl3N2O2. The van der Waals surface area contributed by atoms with E-state index in [2.05, 4.69) is 10.2 Å². The SMILES string of the molecule is Cc1ccc(OCCNC(=O)C2CCN(Cc3ccc(Cl)c(Cl)c3)CC2)cc1Cl. The predicted octanol–water partition coefficient (Wildman–Crippen LogP) is 5.36. The lowest BCUT2D eigenvalue weighted by atomic mass is 9.95. The topological polar surface area (TPSA) is 41.6 Å². The van der Waals surface area contributed by atoms with Crippen molar-refractivity contribution in [3.8, 4) is 5.75 Å². The number of aryl methyl sites for hydroxylation is 1. The number of carbonyl (C=O) groups excluding carboxylic acids is 1. The number of halogens is 3. The molecule has 0 radical (unpaired) electrons. The number of piperidine rings is 1. The molecule has 0 saturated carbocycles. The van der Waals surface area contributed by atoms with Gasteiger partial charge in [0.1, 0.15) is 12.4 Å². The Balaban J connectivity index is 1.36. The van der Waals surface area contributed by atoms with Gasteiger partial charge < -0.3 is 10.1 Å². The number of rotatable bonds is 7. The zero-order valence-electron chi connectivity index (χ0n) is 16.4. The molecule has 1 fully saturated rings. The highest BCUT2D eigenvalue weighted by molar-refractivity contribution is 6.42. The summed E-state index contributed by atoms with van der Waals surface area (Å²) in [6, 6.07) is 11.3. The van der Waals surface area contributed by atoms with E-state index in [1.807, 2.05) is 37.3 Å². The summed E-state index contributed by atoms with van der Waals surface area (Å²) in [6.07, 6.45) is 1.70. The average Bonchev–Trinajstić information content (AvgIpc) is 2.71. The lowest BCUT2D eigenvalue weighted by molar-refractivity contribution is -0.126. The number of nitrogens with one attached hydrogen (secondary N) is 1. The van der Waals surface area contributed by atoms with E-state index in [1.165, 1.54) is 0 Å². The number of amides is 1. The summed E-state index contributed by atoms with van der Waals surface area (Å²) < 4.78 is 5.65. The van der Waals surface area contributed by atoms with Crippen molar-refractivity contribution >= 4 is 40.7 Å². The van der Waals surface area contributed by atoms with Crippen molar-refractivity contribution in [3.63, 3.8) is 0 Å². The Morgan fingerprint density at radius 3 is 2.52 bits per heavy atom. The third-order valence-corrected chi connectivity index (χ3v) is 6.31. The van der Waals surface area contributed by atoms with Gasteiger partial charge in [-0.15, -0.1) is 0 Å². The van der Waals surface area contributed by atoms with Gasteiger partial charge in [0.25, 0.3) is 0 Å². The Labute approximate surface area is 187 Å². The third kappa shape index (κ3) is 6.51. The van der Waals surface area contributed by atoms with E-state index in [4.69, 9.17) is 39.5 Å². The van der Waals surface area contributed by atoms with E-state index >= 15 is 0 Å². The van der Waals surface area contributed by atoms with Gasteiger partial charge in [0.2, 0.25) is 5.91 Å². The second-order valence-electron chi connectivity index (χ2n) is 7.35. The zero-order valence-corrected chi connectivity index (χ0v) is 18.7. The molecule has 0 atom stereocenters. The number of benzene rings is 2. The fourth-order valence-corrected chi connectivity index (χ4v) is 3.89. The third-order valence-electron chi connectivity index (χ3n) is 5.16. The van der Waals surface area contributed by atoms with Crippen LogP contribution in [0.3, 0.4) is 0 Å². The molecule has 1 saturated heterocycles. The fourth-order valence-electron chi connectivity index (χ4n) is 3.40. The molecule has 0 bridgehead atoms. The average molecular weight is 456 g/mol. The minimum atomic E-state index is 0.0499. The number of ether oxygens (including phenoxy) is 1. The first-order valence-corrected chi connectivity index (χ1v) is 10.9. The first-order chi connectivity index (χ1) is 13.9. The molecule has 0 aliphatic carbocycles. The van der Waals surface area contributed by atoms with Crippen molar-refractivity contribution < 1.29 is 9.53 Å². The summed E-state index contributed by atoms with van der Waals surface area (Å²) in [7, 11) is 0. The maximum atomic E-state index is 12.4. The second-order valence-corrected chi connectivity index (χ2v) is 8.57. The highest BCUT2D eigenvalue weighted by atomic mass is 35.5. The standard InChI is InChI=1S/C22H25Cl3N2O2/c1-15-2-4-18(13-20(15)24)29-11-8-26-22(28)17-6-9-27(10-7-17)14-16-3-5-19(23)21(25)12-16/h2-5,12-13,17H,6-11,14H2,1H3,(H,26,28). The zero-order chi connectivity index (χ0) is 20.8. The molecule has 2 aromatic carbocycles. The van der Waals surface area contributed by atoms with Crippen LogP contribution >= 0.6 is 34.8 Å². The molecule has 0 spiro atoms. The van der Waals surface area contributed by atoms with E-state index < -0.39 is 0 Å². The highest BCUT2D eigenvalue weighted by Crippen LogP contribution is 2.25.